The summed E-state index contributed by atoms with van der Waals surface area (Å²) in [6.45, 7) is 0.824. The van der Waals surface area contributed by atoms with Gasteiger partial charge in [0.2, 0.25) is 0 Å². The number of fused-ring (bicyclic) bond motifs is 3. The second-order valence-electron chi connectivity index (χ2n) is 4.95. The highest BCUT2D eigenvalue weighted by Gasteiger charge is 2.20. The van der Waals surface area contributed by atoms with E-state index >= 15 is 0 Å². The minimum absolute atomic E-state index is 0.824. The van der Waals surface area contributed by atoms with Crippen LogP contribution in [0.2, 0.25) is 0 Å². The summed E-state index contributed by atoms with van der Waals surface area (Å²) in [5.41, 5.74) is 5.28. The van der Waals surface area contributed by atoms with E-state index in [1.54, 1.807) is 0 Å². The van der Waals surface area contributed by atoms with Crippen molar-refractivity contribution in [2.45, 2.75) is 17.2 Å². The van der Waals surface area contributed by atoms with E-state index in [0.29, 0.717) is 0 Å². The molecule has 0 fully saturated rings. The third-order valence-electron chi connectivity index (χ3n) is 3.64. The van der Waals surface area contributed by atoms with Crippen LogP contribution in [0.4, 0.5) is 0 Å². The molecule has 1 aliphatic rings. The highest BCUT2D eigenvalue weighted by Crippen LogP contribution is 2.41. The number of hydrogen-bond acceptors (Lipinski definition) is 2. The van der Waals surface area contributed by atoms with Gasteiger partial charge in [0.05, 0.1) is 23.3 Å². The molecule has 2 nitrogen and oxygen atoms in total. The minimum atomic E-state index is 0.824. The van der Waals surface area contributed by atoms with Gasteiger partial charge in [0, 0.05) is 11.3 Å². The molecule has 3 heteroatoms. The monoisotopic (exact) mass is 278 g/mol. The normalized spacial score (nSPS) is 12.8. The van der Waals surface area contributed by atoms with Gasteiger partial charge in [-0.15, -0.1) is 11.8 Å². The van der Waals surface area contributed by atoms with Crippen LogP contribution in [-0.2, 0) is 12.3 Å². The first-order valence-electron chi connectivity index (χ1n) is 6.72. The van der Waals surface area contributed by atoms with Gasteiger partial charge >= 0.3 is 0 Å². The van der Waals surface area contributed by atoms with Gasteiger partial charge in [-0.3, -0.25) is 4.68 Å². The van der Waals surface area contributed by atoms with Gasteiger partial charge in [-0.25, -0.2) is 0 Å². The van der Waals surface area contributed by atoms with Crippen LogP contribution in [0, 0.1) is 0 Å². The van der Waals surface area contributed by atoms with Crippen LogP contribution in [0.25, 0.3) is 11.3 Å². The van der Waals surface area contributed by atoms with Gasteiger partial charge in [0.25, 0.3) is 0 Å². The molecule has 3 aromatic rings. The average molecular weight is 278 g/mol. The molecule has 0 bridgehead atoms. The molecule has 98 valence electrons. The van der Waals surface area contributed by atoms with Crippen LogP contribution < -0.4 is 0 Å². The highest BCUT2D eigenvalue weighted by atomic mass is 32.2. The van der Waals surface area contributed by atoms with Crippen molar-refractivity contribution in [3.05, 3.63) is 71.9 Å². The molecule has 0 saturated heterocycles. The predicted molar refractivity (Wildman–Crippen MR) is 82.8 cm³/mol. The number of thioether (sulfide) groups is 1. The first-order valence-corrected chi connectivity index (χ1v) is 7.71. The smallest absolute Gasteiger partial charge is 0.0825 e. The van der Waals surface area contributed by atoms with Gasteiger partial charge < -0.3 is 0 Å². The van der Waals surface area contributed by atoms with E-state index < -0.39 is 0 Å². The van der Waals surface area contributed by atoms with Crippen molar-refractivity contribution in [1.29, 1.82) is 0 Å². The summed E-state index contributed by atoms with van der Waals surface area (Å²) >= 11 is 1.88. The van der Waals surface area contributed by atoms with Crippen molar-refractivity contribution < 1.29 is 0 Å². The number of aromatic nitrogens is 2. The molecule has 2 aromatic carbocycles. The maximum Gasteiger partial charge on any atom is 0.0825 e. The van der Waals surface area contributed by atoms with Crippen molar-refractivity contribution in [3.8, 4) is 11.3 Å². The second kappa shape index (κ2) is 4.84. The molecule has 0 radical (unpaired) electrons. The van der Waals surface area contributed by atoms with Crippen LogP contribution in [0.5, 0.6) is 0 Å². The molecule has 20 heavy (non-hydrogen) atoms. The van der Waals surface area contributed by atoms with E-state index in [0.717, 1.165) is 12.3 Å². The lowest BCUT2D eigenvalue weighted by Gasteiger charge is -2.17. The molecule has 0 N–H and O–H groups in total. The second-order valence-corrected chi connectivity index (χ2v) is 5.96. The molecule has 0 atom stereocenters. The summed E-state index contributed by atoms with van der Waals surface area (Å²) in [6, 6.07) is 19.1. The Morgan fingerprint density at radius 3 is 2.70 bits per heavy atom. The maximum atomic E-state index is 4.59. The Morgan fingerprint density at radius 2 is 1.80 bits per heavy atom. The van der Waals surface area contributed by atoms with Crippen molar-refractivity contribution in [3.63, 3.8) is 0 Å². The fourth-order valence-electron chi connectivity index (χ4n) is 2.65. The fraction of sp³-hybridized carbons (Fsp3) is 0.118. The van der Waals surface area contributed by atoms with Crippen molar-refractivity contribution >= 4 is 11.8 Å². The molecule has 1 aromatic heterocycles. The summed E-state index contributed by atoms with van der Waals surface area (Å²) in [5, 5.41) is 4.59. The Balaban J connectivity index is 1.80. The van der Waals surface area contributed by atoms with E-state index in [1.807, 2.05) is 24.0 Å². The SMILES string of the molecule is c1ccc(Cn2ncc3c2-c2ccccc2CS3)cc1. The van der Waals surface area contributed by atoms with Gasteiger partial charge in [-0.1, -0.05) is 54.6 Å². The molecule has 0 amide bonds. The Kier molecular flexibility index (Phi) is 2.85. The van der Waals surface area contributed by atoms with Crippen LogP contribution in [0.15, 0.2) is 65.7 Å². The lowest BCUT2D eigenvalue weighted by Crippen LogP contribution is -2.06. The molecular weight excluding hydrogens is 264 g/mol. The third kappa shape index (κ3) is 1.95. The van der Waals surface area contributed by atoms with Crippen LogP contribution in [0.1, 0.15) is 11.1 Å². The number of rotatable bonds is 2. The zero-order valence-electron chi connectivity index (χ0n) is 11.0. The molecule has 0 unspecified atom stereocenters. The minimum Gasteiger partial charge on any atom is -0.259 e. The Morgan fingerprint density at radius 1 is 1.00 bits per heavy atom. The summed E-state index contributed by atoms with van der Waals surface area (Å²) in [4.78, 5) is 1.29. The van der Waals surface area contributed by atoms with Crippen molar-refractivity contribution in [2.75, 3.05) is 0 Å². The standard InChI is InChI=1S/C17H14N2S/c1-2-6-13(7-3-1)11-19-17-15-9-5-4-8-14(15)12-20-16(17)10-18-19/h1-10H,11-12H2. The quantitative estimate of drug-likeness (QED) is 0.699. The van der Waals surface area contributed by atoms with E-state index in [4.69, 9.17) is 0 Å². The fourth-order valence-corrected chi connectivity index (χ4v) is 3.69. The summed E-state index contributed by atoms with van der Waals surface area (Å²) in [6.07, 6.45) is 2.00. The van der Waals surface area contributed by atoms with Gasteiger partial charge in [-0.05, 0) is 11.1 Å². The largest absolute Gasteiger partial charge is 0.259 e. The molecule has 2 heterocycles. The summed E-state index contributed by atoms with van der Waals surface area (Å²) in [5.74, 6) is 1.04. The zero-order chi connectivity index (χ0) is 13.4. The summed E-state index contributed by atoms with van der Waals surface area (Å²) in [7, 11) is 0. The lowest BCUT2D eigenvalue weighted by atomic mass is 10.1. The number of benzene rings is 2. The highest BCUT2D eigenvalue weighted by molar-refractivity contribution is 7.98. The molecule has 0 saturated carbocycles. The molecular formula is C17H14N2S. The van der Waals surface area contributed by atoms with Crippen LogP contribution >= 0.6 is 11.8 Å². The van der Waals surface area contributed by atoms with E-state index in [1.165, 1.54) is 27.3 Å². The van der Waals surface area contributed by atoms with Crippen LogP contribution in [0.3, 0.4) is 0 Å². The van der Waals surface area contributed by atoms with Gasteiger partial charge in [0.15, 0.2) is 0 Å². The van der Waals surface area contributed by atoms with Gasteiger partial charge in [-0.2, -0.15) is 5.10 Å². The predicted octanol–water partition coefficient (Wildman–Crippen LogP) is 4.20. The Labute approximate surface area is 122 Å². The summed E-state index contributed by atoms with van der Waals surface area (Å²) < 4.78 is 2.12. The molecule has 1 aliphatic heterocycles. The van der Waals surface area contributed by atoms with E-state index in [-0.39, 0.29) is 0 Å². The molecule has 4 rings (SSSR count). The number of hydrogen-bond donors (Lipinski definition) is 0. The van der Waals surface area contributed by atoms with Crippen molar-refractivity contribution in [2.24, 2.45) is 0 Å². The topological polar surface area (TPSA) is 17.8 Å². The Bertz CT molecular complexity index is 747. The van der Waals surface area contributed by atoms with Crippen molar-refractivity contribution in [1.82, 2.24) is 9.78 Å². The average Bonchev–Trinajstić information content (AvgIpc) is 2.92. The van der Waals surface area contributed by atoms with E-state index in [9.17, 15) is 0 Å². The maximum absolute atomic E-state index is 4.59. The zero-order valence-corrected chi connectivity index (χ0v) is 11.8. The molecule has 0 aliphatic carbocycles. The lowest BCUT2D eigenvalue weighted by molar-refractivity contribution is 0.693. The van der Waals surface area contributed by atoms with E-state index in [2.05, 4.69) is 58.3 Å². The first-order chi connectivity index (χ1) is 9.92. The Hall–Kier alpha value is -2.00. The van der Waals surface area contributed by atoms with Gasteiger partial charge in [0.1, 0.15) is 0 Å². The van der Waals surface area contributed by atoms with Crippen LogP contribution in [-0.4, -0.2) is 9.78 Å². The third-order valence-corrected chi connectivity index (χ3v) is 4.70. The first kappa shape index (κ1) is 11.8. The molecule has 0 spiro atoms. The number of nitrogens with zero attached hydrogens (tertiary/aromatic N) is 2.